The Morgan fingerprint density at radius 3 is 2.68 bits per heavy atom. The number of anilines is 2. The summed E-state index contributed by atoms with van der Waals surface area (Å²) in [6.45, 7) is 1.63. The van der Waals surface area contributed by atoms with E-state index in [2.05, 4.69) is 10.5 Å². The van der Waals surface area contributed by atoms with Gasteiger partial charge in [-0.15, -0.1) is 0 Å². The molecule has 4 rings (SSSR count). The minimum atomic E-state index is -0.788. The summed E-state index contributed by atoms with van der Waals surface area (Å²) in [5.41, 5.74) is 7.71. The fraction of sp³-hybridized carbons (Fsp3) is 0.273. The fourth-order valence-electron chi connectivity index (χ4n) is 3.66. The second-order valence-corrected chi connectivity index (χ2v) is 7.44. The first-order chi connectivity index (χ1) is 14.9. The van der Waals surface area contributed by atoms with E-state index in [1.807, 2.05) is 19.1 Å². The first-order valence-electron chi connectivity index (χ1n) is 9.88. The van der Waals surface area contributed by atoms with Gasteiger partial charge in [-0.3, -0.25) is 14.4 Å². The van der Waals surface area contributed by atoms with Gasteiger partial charge in [-0.05, 0) is 48.9 Å². The van der Waals surface area contributed by atoms with Gasteiger partial charge in [-0.2, -0.15) is 0 Å². The number of para-hydroxylation sites is 2. The maximum absolute atomic E-state index is 13.3. The Labute approximate surface area is 178 Å². The molecule has 2 aliphatic heterocycles. The van der Waals surface area contributed by atoms with Crippen molar-refractivity contribution in [1.82, 2.24) is 0 Å². The molecule has 2 aliphatic rings. The summed E-state index contributed by atoms with van der Waals surface area (Å²) in [4.78, 5) is 43.4. The van der Waals surface area contributed by atoms with Crippen molar-refractivity contribution in [2.45, 2.75) is 31.9 Å². The smallest absolute Gasteiger partial charge is 0.271 e. The number of rotatable bonds is 5. The van der Waals surface area contributed by atoms with Crippen LogP contribution < -0.4 is 20.7 Å². The molecule has 0 spiro atoms. The maximum atomic E-state index is 13.3. The number of benzene rings is 2. The molecule has 9 nitrogen and oxygen atoms in total. The van der Waals surface area contributed by atoms with Crippen molar-refractivity contribution < 1.29 is 24.0 Å². The molecule has 2 aromatic rings. The molecule has 0 saturated carbocycles. The summed E-state index contributed by atoms with van der Waals surface area (Å²) in [5, 5.41) is 6.94. The van der Waals surface area contributed by atoms with Crippen LogP contribution in [0.15, 0.2) is 53.7 Å². The van der Waals surface area contributed by atoms with Gasteiger partial charge in [0.05, 0.1) is 17.1 Å². The summed E-state index contributed by atoms with van der Waals surface area (Å²) < 4.78 is 5.25. The molecule has 3 amide bonds. The number of nitrogens with one attached hydrogen (secondary N) is 1. The van der Waals surface area contributed by atoms with E-state index in [4.69, 9.17) is 15.3 Å². The SMILES string of the molecule is C[C@H]1CC(=O)Nc2ccccc2N1C(=O)[C@H]1CC(c2ccc(OCC(N)=O)cc2)=NO1. The Hall–Kier alpha value is -3.88. The van der Waals surface area contributed by atoms with Gasteiger partial charge in [0, 0.05) is 18.9 Å². The molecule has 0 fully saturated rings. The second kappa shape index (κ2) is 8.47. The van der Waals surface area contributed by atoms with Crippen molar-refractivity contribution in [3.63, 3.8) is 0 Å². The van der Waals surface area contributed by atoms with E-state index in [9.17, 15) is 14.4 Å². The predicted molar refractivity (Wildman–Crippen MR) is 114 cm³/mol. The van der Waals surface area contributed by atoms with Crippen LogP contribution in [0, 0.1) is 0 Å². The second-order valence-electron chi connectivity index (χ2n) is 7.44. The Bertz CT molecular complexity index is 1050. The third kappa shape index (κ3) is 4.35. The summed E-state index contributed by atoms with van der Waals surface area (Å²) in [7, 11) is 0. The molecule has 0 bridgehead atoms. The summed E-state index contributed by atoms with van der Waals surface area (Å²) >= 11 is 0. The number of nitrogens with zero attached hydrogens (tertiary/aromatic N) is 2. The highest BCUT2D eigenvalue weighted by Crippen LogP contribution is 2.33. The molecule has 0 aliphatic carbocycles. The number of amides is 3. The standard InChI is InChI=1S/C22H22N4O5/c1-13-10-21(28)24-16-4-2-3-5-18(16)26(13)22(29)19-11-17(25-31-19)14-6-8-15(9-7-14)30-12-20(23)27/h2-9,13,19H,10-12H2,1H3,(H2,23,27)(H,24,28)/t13-,19+/m0/s1. The van der Waals surface area contributed by atoms with Crippen molar-refractivity contribution in [3.05, 3.63) is 54.1 Å². The molecule has 160 valence electrons. The highest BCUT2D eigenvalue weighted by molar-refractivity contribution is 6.09. The van der Waals surface area contributed by atoms with Gasteiger partial charge in [0.1, 0.15) is 5.75 Å². The van der Waals surface area contributed by atoms with E-state index in [0.29, 0.717) is 29.3 Å². The molecule has 0 saturated heterocycles. The first-order valence-corrected chi connectivity index (χ1v) is 9.88. The lowest BCUT2D eigenvalue weighted by atomic mass is 10.0. The minimum absolute atomic E-state index is 0.141. The van der Waals surface area contributed by atoms with Crippen LogP contribution in [-0.2, 0) is 19.2 Å². The maximum Gasteiger partial charge on any atom is 0.271 e. The fourth-order valence-corrected chi connectivity index (χ4v) is 3.66. The molecule has 0 radical (unpaired) electrons. The molecule has 0 aromatic heterocycles. The number of carbonyl (C=O) groups excluding carboxylic acids is 3. The number of nitrogens with two attached hydrogens (primary N) is 1. The summed E-state index contributed by atoms with van der Waals surface area (Å²) in [6.07, 6.45) is -0.301. The van der Waals surface area contributed by atoms with Gasteiger partial charge in [-0.25, -0.2) is 0 Å². The Balaban J connectivity index is 1.48. The van der Waals surface area contributed by atoms with Crippen molar-refractivity contribution in [1.29, 1.82) is 0 Å². The van der Waals surface area contributed by atoms with E-state index in [0.717, 1.165) is 5.56 Å². The van der Waals surface area contributed by atoms with Crippen molar-refractivity contribution >= 4 is 34.8 Å². The molecule has 2 atom stereocenters. The molecule has 2 aromatic carbocycles. The predicted octanol–water partition coefficient (Wildman–Crippen LogP) is 1.81. The molecule has 2 heterocycles. The van der Waals surface area contributed by atoms with Crippen LogP contribution in [0.1, 0.15) is 25.3 Å². The lowest BCUT2D eigenvalue weighted by Gasteiger charge is -2.29. The molecule has 31 heavy (non-hydrogen) atoms. The number of hydrogen-bond acceptors (Lipinski definition) is 6. The average molecular weight is 422 g/mol. The third-order valence-electron chi connectivity index (χ3n) is 5.11. The van der Waals surface area contributed by atoms with Crippen molar-refractivity contribution in [2.24, 2.45) is 10.9 Å². The molecule has 0 unspecified atom stereocenters. The topological polar surface area (TPSA) is 123 Å². The normalized spacial score (nSPS) is 20.1. The summed E-state index contributed by atoms with van der Waals surface area (Å²) in [6, 6.07) is 13.8. The van der Waals surface area contributed by atoms with Crippen LogP contribution in [0.5, 0.6) is 5.75 Å². The van der Waals surface area contributed by atoms with Gasteiger partial charge in [-0.1, -0.05) is 17.3 Å². The van der Waals surface area contributed by atoms with Crippen molar-refractivity contribution in [2.75, 3.05) is 16.8 Å². The third-order valence-corrected chi connectivity index (χ3v) is 5.11. The van der Waals surface area contributed by atoms with Gasteiger partial charge >= 0.3 is 0 Å². The van der Waals surface area contributed by atoms with Gasteiger partial charge in [0.15, 0.2) is 6.61 Å². The zero-order valence-electron chi connectivity index (χ0n) is 16.9. The molecular formula is C22H22N4O5. The summed E-state index contributed by atoms with van der Waals surface area (Å²) in [5.74, 6) is -0.447. The number of hydrogen-bond donors (Lipinski definition) is 2. The van der Waals surface area contributed by atoms with Gasteiger partial charge in [0.25, 0.3) is 11.8 Å². The van der Waals surface area contributed by atoms with E-state index in [-0.39, 0.29) is 30.9 Å². The molecule has 3 N–H and O–H groups in total. The van der Waals surface area contributed by atoms with E-state index < -0.39 is 12.0 Å². The van der Waals surface area contributed by atoms with Crippen LogP contribution in [-0.4, -0.2) is 42.2 Å². The van der Waals surface area contributed by atoms with Crippen molar-refractivity contribution in [3.8, 4) is 5.75 Å². The van der Waals surface area contributed by atoms with Gasteiger partial charge in [0.2, 0.25) is 12.0 Å². The highest BCUT2D eigenvalue weighted by atomic mass is 16.6. The number of carbonyl (C=O) groups is 3. The lowest BCUT2D eigenvalue weighted by Crippen LogP contribution is -2.45. The zero-order valence-corrected chi connectivity index (χ0v) is 16.9. The van der Waals surface area contributed by atoms with Crippen LogP contribution in [0.25, 0.3) is 0 Å². The van der Waals surface area contributed by atoms with Gasteiger partial charge < -0.3 is 25.5 Å². The number of ether oxygens (including phenoxy) is 1. The molecule has 9 heteroatoms. The molecular weight excluding hydrogens is 400 g/mol. The first kappa shape index (κ1) is 20.4. The van der Waals surface area contributed by atoms with Crippen LogP contribution in [0.2, 0.25) is 0 Å². The number of oxime groups is 1. The Morgan fingerprint density at radius 1 is 1.19 bits per heavy atom. The van der Waals surface area contributed by atoms with E-state index in [1.165, 1.54) is 0 Å². The zero-order chi connectivity index (χ0) is 22.0. The van der Waals surface area contributed by atoms with Crippen LogP contribution in [0.3, 0.4) is 0 Å². The van der Waals surface area contributed by atoms with Crippen LogP contribution in [0.4, 0.5) is 11.4 Å². The number of fused-ring (bicyclic) bond motifs is 1. The average Bonchev–Trinajstić information content (AvgIpc) is 3.19. The minimum Gasteiger partial charge on any atom is -0.484 e. The lowest BCUT2D eigenvalue weighted by molar-refractivity contribution is -0.129. The monoisotopic (exact) mass is 422 g/mol. The van der Waals surface area contributed by atoms with E-state index in [1.54, 1.807) is 41.3 Å². The quantitative estimate of drug-likeness (QED) is 0.761. The van der Waals surface area contributed by atoms with E-state index >= 15 is 0 Å². The van der Waals surface area contributed by atoms with Crippen LogP contribution >= 0.6 is 0 Å². The number of primary amides is 1. The Kier molecular flexibility index (Phi) is 5.57. The highest BCUT2D eigenvalue weighted by Gasteiger charge is 2.37. The largest absolute Gasteiger partial charge is 0.484 e. The Morgan fingerprint density at radius 2 is 1.94 bits per heavy atom.